The number of hydrogen-bond donors (Lipinski definition) is 0. The molecule has 0 amide bonds. The number of nitrogens with zero attached hydrogens (tertiary/aromatic N) is 1. The van der Waals surface area contributed by atoms with Crippen LogP contribution in [0, 0.1) is 0 Å². The van der Waals surface area contributed by atoms with Gasteiger partial charge in [-0.25, -0.2) is 4.79 Å². The van der Waals surface area contributed by atoms with Crippen molar-refractivity contribution in [2.75, 3.05) is 6.61 Å². The lowest BCUT2D eigenvalue weighted by Gasteiger charge is -2.22. The van der Waals surface area contributed by atoms with Gasteiger partial charge >= 0.3 is 5.97 Å². The molecule has 0 spiro atoms. The summed E-state index contributed by atoms with van der Waals surface area (Å²) in [6.45, 7) is 2.24. The van der Waals surface area contributed by atoms with Crippen LogP contribution in [-0.2, 0) is 4.74 Å². The fourth-order valence-electron chi connectivity index (χ4n) is 2.50. The normalized spacial score (nSPS) is 16.8. The molecule has 92 valence electrons. The van der Waals surface area contributed by atoms with Gasteiger partial charge in [-0.3, -0.25) is 4.98 Å². The van der Waals surface area contributed by atoms with E-state index in [-0.39, 0.29) is 5.97 Å². The zero-order valence-corrected chi connectivity index (χ0v) is 10.3. The minimum absolute atomic E-state index is 0.235. The fraction of sp³-hybridized carbons (Fsp3) is 0.571. The van der Waals surface area contributed by atoms with Crippen molar-refractivity contribution in [3.05, 3.63) is 29.6 Å². The number of aromatic nitrogens is 1. The number of carbonyl (C=O) groups excluding carboxylic acids is 1. The largest absolute Gasteiger partial charge is 0.462 e. The summed E-state index contributed by atoms with van der Waals surface area (Å²) >= 11 is 0. The summed E-state index contributed by atoms with van der Waals surface area (Å²) in [7, 11) is 0. The zero-order valence-electron chi connectivity index (χ0n) is 10.3. The number of rotatable bonds is 3. The van der Waals surface area contributed by atoms with E-state index in [1.54, 1.807) is 12.3 Å². The molecular weight excluding hydrogens is 214 g/mol. The first-order valence-corrected chi connectivity index (χ1v) is 6.45. The molecule has 0 aromatic carbocycles. The molecule has 1 heterocycles. The molecule has 1 fully saturated rings. The van der Waals surface area contributed by atoms with E-state index in [0.717, 1.165) is 18.5 Å². The van der Waals surface area contributed by atoms with Crippen molar-refractivity contribution < 1.29 is 9.53 Å². The first-order chi connectivity index (χ1) is 8.33. The van der Waals surface area contributed by atoms with Crippen molar-refractivity contribution in [2.45, 2.75) is 44.9 Å². The van der Waals surface area contributed by atoms with Crippen LogP contribution in [0.5, 0.6) is 0 Å². The van der Waals surface area contributed by atoms with Crippen LogP contribution in [0.2, 0.25) is 0 Å². The first kappa shape index (κ1) is 12.1. The van der Waals surface area contributed by atoms with Crippen LogP contribution < -0.4 is 0 Å². The Morgan fingerprint density at radius 2 is 2.18 bits per heavy atom. The molecule has 1 aromatic rings. The molecule has 0 unspecified atom stereocenters. The SMILES string of the molecule is CCOC(=O)c1cccnc1C1CCCCC1. The topological polar surface area (TPSA) is 39.2 Å². The van der Waals surface area contributed by atoms with Crippen LogP contribution in [0.1, 0.15) is 61.0 Å². The summed E-state index contributed by atoms with van der Waals surface area (Å²) < 4.78 is 5.08. The standard InChI is InChI=1S/C14H19NO2/c1-2-17-14(16)12-9-6-10-15-13(12)11-7-4-3-5-8-11/h6,9-11H,2-5,7-8H2,1H3. The Balaban J connectivity index is 2.23. The smallest absolute Gasteiger partial charge is 0.339 e. The Labute approximate surface area is 102 Å². The molecule has 1 aliphatic carbocycles. The van der Waals surface area contributed by atoms with Gasteiger partial charge in [0.1, 0.15) is 0 Å². The van der Waals surface area contributed by atoms with Gasteiger partial charge in [0, 0.05) is 12.1 Å². The number of ether oxygens (including phenoxy) is 1. The molecule has 0 saturated heterocycles. The monoisotopic (exact) mass is 233 g/mol. The van der Waals surface area contributed by atoms with E-state index in [0.29, 0.717) is 18.1 Å². The van der Waals surface area contributed by atoms with Gasteiger partial charge in [-0.15, -0.1) is 0 Å². The first-order valence-electron chi connectivity index (χ1n) is 6.45. The summed E-state index contributed by atoms with van der Waals surface area (Å²) in [6, 6.07) is 3.63. The van der Waals surface area contributed by atoms with Gasteiger partial charge in [0.25, 0.3) is 0 Å². The second-order valence-corrected chi connectivity index (χ2v) is 4.49. The van der Waals surface area contributed by atoms with Crippen LogP contribution in [0.3, 0.4) is 0 Å². The van der Waals surface area contributed by atoms with Gasteiger partial charge in [0.2, 0.25) is 0 Å². The Bertz CT molecular complexity index is 384. The molecule has 3 nitrogen and oxygen atoms in total. The van der Waals surface area contributed by atoms with Gasteiger partial charge in [-0.05, 0) is 31.9 Å². The number of esters is 1. The van der Waals surface area contributed by atoms with Crippen molar-refractivity contribution in [3.63, 3.8) is 0 Å². The summed E-state index contributed by atoms with van der Waals surface area (Å²) in [5.41, 5.74) is 1.59. The number of carbonyl (C=O) groups is 1. The molecule has 0 aliphatic heterocycles. The highest BCUT2D eigenvalue weighted by molar-refractivity contribution is 5.90. The highest BCUT2D eigenvalue weighted by Gasteiger charge is 2.22. The highest BCUT2D eigenvalue weighted by Crippen LogP contribution is 2.33. The van der Waals surface area contributed by atoms with E-state index in [4.69, 9.17) is 4.74 Å². The van der Waals surface area contributed by atoms with Gasteiger partial charge < -0.3 is 4.74 Å². The third-order valence-corrected chi connectivity index (χ3v) is 3.33. The van der Waals surface area contributed by atoms with Crippen LogP contribution in [-0.4, -0.2) is 17.6 Å². The maximum absolute atomic E-state index is 11.8. The summed E-state index contributed by atoms with van der Waals surface area (Å²) in [5.74, 6) is 0.200. The quantitative estimate of drug-likeness (QED) is 0.752. The Hall–Kier alpha value is -1.38. The molecule has 0 bridgehead atoms. The molecule has 0 atom stereocenters. The van der Waals surface area contributed by atoms with E-state index in [1.807, 2.05) is 13.0 Å². The van der Waals surface area contributed by atoms with E-state index in [1.165, 1.54) is 19.3 Å². The molecule has 17 heavy (non-hydrogen) atoms. The van der Waals surface area contributed by atoms with Crippen molar-refractivity contribution in [1.82, 2.24) is 4.98 Å². The van der Waals surface area contributed by atoms with Crippen molar-refractivity contribution in [1.29, 1.82) is 0 Å². The summed E-state index contributed by atoms with van der Waals surface area (Å²) in [4.78, 5) is 16.3. The Morgan fingerprint density at radius 1 is 1.41 bits per heavy atom. The zero-order chi connectivity index (χ0) is 12.1. The van der Waals surface area contributed by atoms with Crippen LogP contribution in [0.4, 0.5) is 0 Å². The van der Waals surface area contributed by atoms with Crippen molar-refractivity contribution in [3.8, 4) is 0 Å². The van der Waals surface area contributed by atoms with Crippen LogP contribution >= 0.6 is 0 Å². The predicted octanol–water partition coefficient (Wildman–Crippen LogP) is 3.31. The molecule has 1 aromatic heterocycles. The molecule has 1 saturated carbocycles. The van der Waals surface area contributed by atoms with Crippen LogP contribution in [0.25, 0.3) is 0 Å². The second-order valence-electron chi connectivity index (χ2n) is 4.49. The third kappa shape index (κ3) is 2.84. The number of pyridine rings is 1. The lowest BCUT2D eigenvalue weighted by atomic mass is 9.85. The second kappa shape index (κ2) is 5.80. The van der Waals surface area contributed by atoms with Gasteiger partial charge in [-0.1, -0.05) is 19.3 Å². The fourth-order valence-corrected chi connectivity index (χ4v) is 2.50. The maximum Gasteiger partial charge on any atom is 0.339 e. The average molecular weight is 233 g/mol. The molecule has 3 heteroatoms. The molecule has 0 N–H and O–H groups in total. The molecule has 2 rings (SSSR count). The third-order valence-electron chi connectivity index (χ3n) is 3.33. The summed E-state index contributed by atoms with van der Waals surface area (Å²) in [5, 5.41) is 0. The lowest BCUT2D eigenvalue weighted by Crippen LogP contribution is -2.14. The minimum Gasteiger partial charge on any atom is -0.462 e. The van der Waals surface area contributed by atoms with Gasteiger partial charge in [-0.2, -0.15) is 0 Å². The van der Waals surface area contributed by atoms with E-state index in [9.17, 15) is 4.79 Å². The van der Waals surface area contributed by atoms with E-state index in [2.05, 4.69) is 4.98 Å². The summed E-state index contributed by atoms with van der Waals surface area (Å²) in [6.07, 6.45) is 7.84. The Morgan fingerprint density at radius 3 is 2.88 bits per heavy atom. The van der Waals surface area contributed by atoms with E-state index < -0.39 is 0 Å². The maximum atomic E-state index is 11.8. The van der Waals surface area contributed by atoms with Crippen molar-refractivity contribution >= 4 is 5.97 Å². The lowest BCUT2D eigenvalue weighted by molar-refractivity contribution is 0.0523. The van der Waals surface area contributed by atoms with Gasteiger partial charge in [0.15, 0.2) is 0 Å². The Kier molecular flexibility index (Phi) is 4.13. The minimum atomic E-state index is -0.235. The van der Waals surface area contributed by atoms with Crippen LogP contribution in [0.15, 0.2) is 18.3 Å². The average Bonchev–Trinajstić information content (AvgIpc) is 2.40. The molecule has 0 radical (unpaired) electrons. The highest BCUT2D eigenvalue weighted by atomic mass is 16.5. The van der Waals surface area contributed by atoms with Crippen molar-refractivity contribution in [2.24, 2.45) is 0 Å². The van der Waals surface area contributed by atoms with Gasteiger partial charge in [0.05, 0.1) is 17.9 Å². The number of hydrogen-bond acceptors (Lipinski definition) is 3. The van der Waals surface area contributed by atoms with E-state index >= 15 is 0 Å². The molecular formula is C14H19NO2. The molecule has 1 aliphatic rings. The predicted molar refractivity (Wildman–Crippen MR) is 66.0 cm³/mol.